The first-order valence-corrected chi connectivity index (χ1v) is 6.28. The van der Waals surface area contributed by atoms with Crippen LogP contribution in [0.25, 0.3) is 0 Å². The molecule has 1 aliphatic rings. The summed E-state index contributed by atoms with van der Waals surface area (Å²) in [7, 11) is 1.56. The van der Waals surface area contributed by atoms with Crippen molar-refractivity contribution in [1.29, 1.82) is 0 Å². The van der Waals surface area contributed by atoms with Gasteiger partial charge in [0.2, 0.25) is 0 Å². The minimum atomic E-state index is -1.27. The van der Waals surface area contributed by atoms with Crippen molar-refractivity contribution in [2.45, 2.75) is 30.6 Å². The van der Waals surface area contributed by atoms with Crippen molar-refractivity contribution in [3.63, 3.8) is 0 Å². The molecule has 0 spiro atoms. The zero-order valence-corrected chi connectivity index (χ0v) is 11.0. The minimum absolute atomic E-state index is 0.552. The lowest BCUT2D eigenvalue weighted by molar-refractivity contribution is -0.0774. The van der Waals surface area contributed by atoms with Crippen LogP contribution >= 0.6 is 0 Å². The van der Waals surface area contributed by atoms with Gasteiger partial charge in [-0.3, -0.25) is 0 Å². The average Bonchev–Trinajstić information content (AvgIpc) is 2.76. The predicted octanol–water partition coefficient (Wildman–Crippen LogP) is -1.09. The second kappa shape index (κ2) is 6.38. The fourth-order valence-electron chi connectivity index (χ4n) is 2.10. The van der Waals surface area contributed by atoms with Crippen LogP contribution in [0.1, 0.15) is 0 Å². The summed E-state index contributed by atoms with van der Waals surface area (Å²) in [5.41, 5.74) is 0.668. The fraction of sp³-hybridized carbons (Fsp3) is 0.538. The van der Waals surface area contributed by atoms with Gasteiger partial charge in [0.05, 0.1) is 13.7 Å². The van der Waals surface area contributed by atoms with Gasteiger partial charge in [0.15, 0.2) is 6.23 Å². The van der Waals surface area contributed by atoms with E-state index in [1.807, 2.05) is 0 Å². The number of aliphatic hydroxyl groups excluding tert-OH is 4. The molecule has 1 aliphatic heterocycles. The Balaban J connectivity index is 2.02. The molecule has 1 saturated heterocycles. The molecule has 1 aromatic carbocycles. The van der Waals surface area contributed by atoms with Crippen molar-refractivity contribution in [1.82, 2.24) is 0 Å². The Hall–Kier alpha value is -1.38. The van der Waals surface area contributed by atoms with Crippen LogP contribution in [-0.2, 0) is 4.74 Å². The van der Waals surface area contributed by atoms with E-state index in [1.165, 1.54) is 0 Å². The Bertz CT molecular complexity index is 425. The molecule has 0 amide bonds. The topological polar surface area (TPSA) is 111 Å². The second-order valence-corrected chi connectivity index (χ2v) is 4.63. The molecule has 1 unspecified atom stereocenters. The lowest BCUT2D eigenvalue weighted by atomic mass is 10.1. The molecule has 20 heavy (non-hydrogen) atoms. The highest BCUT2D eigenvalue weighted by Crippen LogP contribution is 2.26. The molecule has 0 aliphatic carbocycles. The van der Waals surface area contributed by atoms with Gasteiger partial charge in [-0.25, -0.2) is 0 Å². The summed E-state index contributed by atoms with van der Waals surface area (Å²) in [5, 5.41) is 40.9. The van der Waals surface area contributed by atoms with Crippen molar-refractivity contribution in [3.05, 3.63) is 24.3 Å². The maximum atomic E-state index is 9.88. The first kappa shape index (κ1) is 15.0. The van der Waals surface area contributed by atoms with Gasteiger partial charge in [0.1, 0.15) is 30.2 Å². The van der Waals surface area contributed by atoms with Gasteiger partial charge in [-0.15, -0.1) is 0 Å². The van der Waals surface area contributed by atoms with E-state index in [2.05, 4.69) is 5.32 Å². The van der Waals surface area contributed by atoms with E-state index in [4.69, 9.17) is 14.6 Å². The van der Waals surface area contributed by atoms with E-state index in [9.17, 15) is 15.3 Å². The van der Waals surface area contributed by atoms with Gasteiger partial charge in [-0.2, -0.15) is 0 Å². The SMILES string of the molecule is COc1ccc(N[C@@H]2O[C@@H](C(O)CO)[C@@H](O)[C@@H]2O)cc1. The van der Waals surface area contributed by atoms with Crippen molar-refractivity contribution < 1.29 is 29.9 Å². The van der Waals surface area contributed by atoms with Gasteiger partial charge >= 0.3 is 0 Å². The van der Waals surface area contributed by atoms with E-state index >= 15 is 0 Å². The van der Waals surface area contributed by atoms with Crippen LogP contribution in [0.2, 0.25) is 0 Å². The summed E-state index contributed by atoms with van der Waals surface area (Å²) in [6.07, 6.45) is -5.63. The molecule has 0 radical (unpaired) electrons. The molecular weight excluding hydrogens is 266 g/mol. The molecule has 1 fully saturated rings. The molecule has 112 valence electrons. The summed E-state index contributed by atoms with van der Waals surface area (Å²) in [6.45, 7) is -0.552. The number of benzene rings is 1. The van der Waals surface area contributed by atoms with Crippen LogP contribution in [0.4, 0.5) is 5.69 Å². The number of rotatable bonds is 5. The van der Waals surface area contributed by atoms with Gasteiger partial charge < -0.3 is 35.2 Å². The average molecular weight is 285 g/mol. The monoisotopic (exact) mass is 285 g/mol. The van der Waals surface area contributed by atoms with Gasteiger partial charge in [-0.1, -0.05) is 0 Å². The lowest BCUT2D eigenvalue weighted by Crippen LogP contribution is -2.40. The maximum Gasteiger partial charge on any atom is 0.157 e. The molecular formula is C13H19NO6. The first-order valence-electron chi connectivity index (χ1n) is 6.28. The third kappa shape index (κ3) is 3.02. The third-order valence-corrected chi connectivity index (χ3v) is 3.27. The van der Waals surface area contributed by atoms with E-state index in [1.54, 1.807) is 31.4 Å². The number of aliphatic hydroxyl groups is 4. The molecule has 1 aromatic rings. The second-order valence-electron chi connectivity index (χ2n) is 4.63. The lowest BCUT2D eigenvalue weighted by Gasteiger charge is -2.19. The maximum absolute atomic E-state index is 9.88. The molecule has 0 bridgehead atoms. The molecule has 5 N–H and O–H groups in total. The summed E-state index contributed by atoms with van der Waals surface area (Å²) in [6, 6.07) is 6.94. The number of hydrogen-bond acceptors (Lipinski definition) is 7. The normalized spacial score (nSPS) is 31.1. The van der Waals surface area contributed by atoms with Crippen LogP contribution < -0.4 is 10.1 Å². The summed E-state index contributed by atoms with van der Waals surface area (Å²) >= 11 is 0. The highest BCUT2D eigenvalue weighted by molar-refractivity contribution is 5.47. The first-order chi connectivity index (χ1) is 9.56. The van der Waals surface area contributed by atoms with Crippen LogP contribution in [0, 0.1) is 0 Å². The Labute approximate surface area is 116 Å². The molecule has 5 atom stereocenters. The van der Waals surface area contributed by atoms with Gasteiger partial charge in [-0.05, 0) is 24.3 Å². The molecule has 2 rings (SSSR count). The standard InChI is InChI=1S/C13H19NO6/c1-19-8-4-2-7(3-5-8)14-13-11(18)10(17)12(20-13)9(16)6-15/h2-5,9-18H,6H2,1H3/t9?,10-,11-,12-,13+/m0/s1. The van der Waals surface area contributed by atoms with Crippen LogP contribution in [0.5, 0.6) is 5.75 Å². The number of nitrogens with one attached hydrogen (secondary N) is 1. The summed E-state index contributed by atoms with van der Waals surface area (Å²) in [4.78, 5) is 0. The number of anilines is 1. The van der Waals surface area contributed by atoms with Crippen molar-refractivity contribution in [2.24, 2.45) is 0 Å². The van der Waals surface area contributed by atoms with Crippen LogP contribution in [0.3, 0.4) is 0 Å². The van der Waals surface area contributed by atoms with Crippen LogP contribution in [0.15, 0.2) is 24.3 Å². The van der Waals surface area contributed by atoms with E-state index < -0.39 is 37.3 Å². The fourth-order valence-corrected chi connectivity index (χ4v) is 2.10. The molecule has 0 aromatic heterocycles. The number of ether oxygens (including phenoxy) is 2. The molecule has 7 heteroatoms. The van der Waals surface area contributed by atoms with Gasteiger partial charge in [0, 0.05) is 5.69 Å². The quantitative estimate of drug-likeness (QED) is 0.467. The Morgan fingerprint density at radius 1 is 1.25 bits per heavy atom. The zero-order chi connectivity index (χ0) is 14.7. The number of hydrogen-bond donors (Lipinski definition) is 5. The Morgan fingerprint density at radius 2 is 1.90 bits per heavy atom. The molecule has 0 saturated carbocycles. The zero-order valence-electron chi connectivity index (χ0n) is 11.0. The van der Waals surface area contributed by atoms with Crippen molar-refractivity contribution >= 4 is 5.69 Å². The number of methoxy groups -OCH3 is 1. The van der Waals surface area contributed by atoms with Crippen LogP contribution in [-0.4, -0.2) is 64.8 Å². The highest BCUT2D eigenvalue weighted by atomic mass is 16.6. The smallest absolute Gasteiger partial charge is 0.157 e. The van der Waals surface area contributed by atoms with E-state index in [0.717, 1.165) is 0 Å². The minimum Gasteiger partial charge on any atom is -0.497 e. The van der Waals surface area contributed by atoms with E-state index in [0.29, 0.717) is 11.4 Å². The Morgan fingerprint density at radius 3 is 2.45 bits per heavy atom. The highest BCUT2D eigenvalue weighted by Gasteiger charge is 2.45. The van der Waals surface area contributed by atoms with Crippen molar-refractivity contribution in [3.8, 4) is 5.75 Å². The summed E-state index contributed by atoms with van der Waals surface area (Å²) < 4.78 is 10.4. The van der Waals surface area contributed by atoms with E-state index in [-0.39, 0.29) is 0 Å². The predicted molar refractivity (Wildman–Crippen MR) is 70.4 cm³/mol. The summed E-state index contributed by atoms with van der Waals surface area (Å²) in [5.74, 6) is 0.692. The van der Waals surface area contributed by atoms with Crippen molar-refractivity contribution in [2.75, 3.05) is 19.0 Å². The third-order valence-electron chi connectivity index (χ3n) is 3.27. The largest absolute Gasteiger partial charge is 0.497 e. The molecule has 1 heterocycles. The Kier molecular flexibility index (Phi) is 4.79. The molecule has 7 nitrogen and oxygen atoms in total. The van der Waals surface area contributed by atoms with Gasteiger partial charge in [0.25, 0.3) is 0 Å².